The molecule has 25 heavy (non-hydrogen) atoms. The molecule has 0 saturated heterocycles. The third-order valence-electron chi connectivity index (χ3n) is 4.68. The summed E-state index contributed by atoms with van der Waals surface area (Å²) >= 11 is 0. The lowest BCUT2D eigenvalue weighted by Gasteiger charge is -2.30. The molecule has 0 N–H and O–H groups in total. The molecule has 0 aliphatic rings. The zero-order valence-electron chi connectivity index (χ0n) is 14.0. The van der Waals surface area contributed by atoms with Gasteiger partial charge in [-0.15, -0.1) is 0 Å². The van der Waals surface area contributed by atoms with E-state index in [1.54, 1.807) is 0 Å². The molecule has 1 heteroatoms. The summed E-state index contributed by atoms with van der Waals surface area (Å²) in [5, 5.41) is 0. The normalized spacial score (nSPS) is 11.2. The van der Waals surface area contributed by atoms with Crippen LogP contribution in [-0.4, -0.2) is 0 Å². The smallest absolute Gasteiger partial charge is 0.187 e. The maximum absolute atomic E-state index is 2.30. The fourth-order valence-corrected chi connectivity index (χ4v) is 3.61. The Balaban J connectivity index is 2.13. The summed E-state index contributed by atoms with van der Waals surface area (Å²) in [7, 11) is 0. The van der Waals surface area contributed by atoms with Gasteiger partial charge in [0, 0.05) is 28.8 Å². The van der Waals surface area contributed by atoms with Crippen LogP contribution in [0.3, 0.4) is 0 Å². The quantitative estimate of drug-likeness (QED) is 0.375. The van der Waals surface area contributed by atoms with Gasteiger partial charge in [0.15, 0.2) is 12.4 Å². The van der Waals surface area contributed by atoms with E-state index in [9.17, 15) is 0 Å². The van der Waals surface area contributed by atoms with Crippen molar-refractivity contribution in [2.45, 2.75) is 5.54 Å². The van der Waals surface area contributed by atoms with Crippen molar-refractivity contribution in [2.75, 3.05) is 0 Å². The highest BCUT2D eigenvalue weighted by Gasteiger charge is 2.45. The fraction of sp³-hybridized carbons (Fsp3) is 0.0417. The van der Waals surface area contributed by atoms with Gasteiger partial charge in [-0.1, -0.05) is 97.1 Å². The SMILES string of the molecule is c1ccc(C(c2ccccc2)(c2ccccc2)[n+]2ccccc2)cc1. The second-order valence-electron chi connectivity index (χ2n) is 6.09. The van der Waals surface area contributed by atoms with Crippen molar-refractivity contribution in [1.82, 2.24) is 0 Å². The Morgan fingerprint density at radius 1 is 0.400 bits per heavy atom. The van der Waals surface area contributed by atoms with Crippen molar-refractivity contribution < 1.29 is 4.57 Å². The molecule has 0 atom stereocenters. The number of nitrogens with zero attached hydrogens (tertiary/aromatic N) is 1. The van der Waals surface area contributed by atoms with Crippen molar-refractivity contribution in [2.24, 2.45) is 0 Å². The summed E-state index contributed by atoms with van der Waals surface area (Å²) in [6.07, 6.45) is 4.29. The average molecular weight is 322 g/mol. The Morgan fingerprint density at radius 2 is 0.720 bits per heavy atom. The monoisotopic (exact) mass is 322 g/mol. The van der Waals surface area contributed by atoms with E-state index < -0.39 is 5.54 Å². The highest BCUT2D eigenvalue weighted by atomic mass is 15.0. The molecule has 1 aromatic heterocycles. The van der Waals surface area contributed by atoms with Gasteiger partial charge in [-0.25, -0.2) is 0 Å². The zero-order chi connectivity index (χ0) is 17.0. The fourth-order valence-electron chi connectivity index (χ4n) is 3.61. The number of rotatable bonds is 4. The minimum atomic E-state index is -0.412. The molecule has 0 fully saturated rings. The Morgan fingerprint density at radius 3 is 1.08 bits per heavy atom. The Bertz CT molecular complexity index is 753. The first kappa shape index (κ1) is 15.3. The maximum atomic E-state index is 2.30. The summed E-state index contributed by atoms with van der Waals surface area (Å²) in [4.78, 5) is 0. The van der Waals surface area contributed by atoms with E-state index in [2.05, 4.69) is 126 Å². The molecule has 0 unspecified atom stereocenters. The predicted octanol–water partition coefficient (Wildman–Crippen LogP) is 4.81. The van der Waals surface area contributed by atoms with Crippen molar-refractivity contribution in [3.8, 4) is 0 Å². The Kier molecular flexibility index (Phi) is 4.14. The van der Waals surface area contributed by atoms with Crippen LogP contribution in [0.5, 0.6) is 0 Å². The molecular weight excluding hydrogens is 302 g/mol. The molecule has 1 nitrogen and oxygen atoms in total. The lowest BCUT2D eigenvalue weighted by molar-refractivity contribution is -0.734. The number of benzene rings is 3. The molecule has 0 aliphatic carbocycles. The van der Waals surface area contributed by atoms with Crippen molar-refractivity contribution in [3.05, 3.63) is 138 Å². The van der Waals surface area contributed by atoms with Crippen LogP contribution in [0.4, 0.5) is 0 Å². The second-order valence-corrected chi connectivity index (χ2v) is 6.09. The summed E-state index contributed by atoms with van der Waals surface area (Å²) in [5.41, 5.74) is 3.31. The van der Waals surface area contributed by atoms with Gasteiger partial charge in [0.05, 0.1) is 0 Å². The first-order valence-corrected chi connectivity index (χ1v) is 8.56. The average Bonchev–Trinajstić information content (AvgIpc) is 2.72. The number of aromatic nitrogens is 1. The van der Waals surface area contributed by atoms with Crippen LogP contribution in [0, 0.1) is 0 Å². The van der Waals surface area contributed by atoms with Crippen LogP contribution in [0.2, 0.25) is 0 Å². The van der Waals surface area contributed by atoms with Crippen molar-refractivity contribution >= 4 is 0 Å². The summed E-state index contributed by atoms with van der Waals surface area (Å²) in [6.45, 7) is 0. The van der Waals surface area contributed by atoms with Crippen LogP contribution in [0.15, 0.2) is 122 Å². The van der Waals surface area contributed by atoms with E-state index in [1.807, 2.05) is 0 Å². The van der Waals surface area contributed by atoms with E-state index in [0.717, 1.165) is 0 Å². The maximum Gasteiger partial charge on any atom is 0.243 e. The second kappa shape index (κ2) is 6.74. The molecule has 0 saturated carbocycles. The molecule has 1 heterocycles. The molecule has 0 radical (unpaired) electrons. The van der Waals surface area contributed by atoms with Crippen LogP contribution >= 0.6 is 0 Å². The summed E-state index contributed by atoms with van der Waals surface area (Å²) in [5.74, 6) is 0. The van der Waals surface area contributed by atoms with Gasteiger partial charge in [-0.3, -0.25) is 0 Å². The molecule has 0 spiro atoms. The van der Waals surface area contributed by atoms with E-state index >= 15 is 0 Å². The number of pyridine rings is 1. The molecule has 120 valence electrons. The molecule has 4 aromatic rings. The molecule has 4 rings (SSSR count). The first-order valence-electron chi connectivity index (χ1n) is 8.56. The van der Waals surface area contributed by atoms with Crippen molar-refractivity contribution in [1.29, 1.82) is 0 Å². The lowest BCUT2D eigenvalue weighted by Crippen LogP contribution is -2.58. The topological polar surface area (TPSA) is 3.88 Å². The number of hydrogen-bond donors (Lipinski definition) is 0. The van der Waals surface area contributed by atoms with Gasteiger partial charge in [-0.2, -0.15) is 4.57 Å². The van der Waals surface area contributed by atoms with Crippen LogP contribution < -0.4 is 4.57 Å². The first-order chi connectivity index (χ1) is 12.4. The lowest BCUT2D eigenvalue weighted by atomic mass is 9.76. The standard InChI is InChI=1S/C24H20N/c1-5-13-21(14-6-1)24(22-15-7-2-8-16-22,23-17-9-3-10-18-23)25-19-11-4-12-20-25/h1-20H/q+1. The van der Waals surface area contributed by atoms with E-state index in [0.29, 0.717) is 0 Å². The van der Waals surface area contributed by atoms with Gasteiger partial charge in [0.1, 0.15) is 0 Å². The largest absolute Gasteiger partial charge is 0.243 e. The molecule has 3 aromatic carbocycles. The number of hydrogen-bond acceptors (Lipinski definition) is 0. The summed E-state index contributed by atoms with van der Waals surface area (Å²) < 4.78 is 2.30. The minimum Gasteiger partial charge on any atom is -0.187 e. The highest BCUT2D eigenvalue weighted by molar-refractivity contribution is 5.46. The molecular formula is C24H20N+. The van der Waals surface area contributed by atoms with Gasteiger partial charge in [0.25, 0.3) is 0 Å². The van der Waals surface area contributed by atoms with Crippen molar-refractivity contribution in [3.63, 3.8) is 0 Å². The van der Waals surface area contributed by atoms with Crippen LogP contribution in [0.25, 0.3) is 0 Å². The minimum absolute atomic E-state index is 0.412. The Hall–Kier alpha value is -3.19. The molecule has 0 amide bonds. The summed E-state index contributed by atoms with van der Waals surface area (Å²) in [6, 6.07) is 38.4. The van der Waals surface area contributed by atoms with E-state index in [-0.39, 0.29) is 0 Å². The third-order valence-corrected chi connectivity index (χ3v) is 4.68. The van der Waals surface area contributed by atoms with Crippen LogP contribution in [-0.2, 0) is 5.54 Å². The van der Waals surface area contributed by atoms with Gasteiger partial charge in [-0.05, 0) is 0 Å². The van der Waals surface area contributed by atoms with Crippen LogP contribution in [0.1, 0.15) is 16.7 Å². The zero-order valence-corrected chi connectivity index (χ0v) is 14.0. The van der Waals surface area contributed by atoms with Gasteiger partial charge in [0.2, 0.25) is 5.54 Å². The predicted molar refractivity (Wildman–Crippen MR) is 101 cm³/mol. The van der Waals surface area contributed by atoms with Gasteiger partial charge >= 0.3 is 0 Å². The van der Waals surface area contributed by atoms with E-state index in [4.69, 9.17) is 0 Å². The van der Waals surface area contributed by atoms with E-state index in [1.165, 1.54) is 16.7 Å². The highest BCUT2D eigenvalue weighted by Crippen LogP contribution is 2.35. The Labute approximate surface area is 148 Å². The third kappa shape index (κ3) is 2.64. The molecule has 0 bridgehead atoms. The van der Waals surface area contributed by atoms with Gasteiger partial charge < -0.3 is 0 Å². The molecule has 0 aliphatic heterocycles.